The van der Waals surface area contributed by atoms with Crippen LogP contribution in [0.3, 0.4) is 0 Å². The van der Waals surface area contributed by atoms with Crippen molar-refractivity contribution in [1.82, 2.24) is 29.3 Å². The van der Waals surface area contributed by atoms with Crippen molar-refractivity contribution >= 4 is 17.1 Å². The molecule has 1 aliphatic heterocycles. The van der Waals surface area contributed by atoms with Gasteiger partial charge in [-0.3, -0.25) is 0 Å². The van der Waals surface area contributed by atoms with Crippen molar-refractivity contribution in [3.8, 4) is 0 Å². The van der Waals surface area contributed by atoms with Gasteiger partial charge in [-0.2, -0.15) is 4.98 Å². The van der Waals surface area contributed by atoms with Gasteiger partial charge in [0.25, 0.3) is 6.01 Å². The van der Waals surface area contributed by atoms with Crippen molar-refractivity contribution in [2.75, 3.05) is 18.0 Å². The maximum absolute atomic E-state index is 6.01. The summed E-state index contributed by atoms with van der Waals surface area (Å²) >= 11 is 0. The van der Waals surface area contributed by atoms with Crippen LogP contribution in [0.15, 0.2) is 41.3 Å². The Morgan fingerprint density at radius 3 is 3.04 bits per heavy atom. The fraction of sp³-hybridized carbons (Fsp3) is 0.400. The summed E-state index contributed by atoms with van der Waals surface area (Å²) in [5.74, 6) is 2.26. The fourth-order valence-corrected chi connectivity index (χ4v) is 3.93. The van der Waals surface area contributed by atoms with Crippen LogP contribution in [0, 0.1) is 6.92 Å². The number of fused-ring (bicyclic) bond motifs is 1. The average Bonchev–Trinajstić information content (AvgIpc) is 3.43. The monoisotopic (exact) mass is 377 g/mol. The number of rotatable bonds is 4. The summed E-state index contributed by atoms with van der Waals surface area (Å²) in [6, 6.07) is 6.81. The number of aryl methyl sites for hydroxylation is 1. The Morgan fingerprint density at radius 2 is 2.18 bits per heavy atom. The standard InChI is InChI=1S/C20H23N7O/c1-14-5-6-17-16(10-14)22-20(28-17)27-8-3-4-15(11-27)19-24-23-18(25(19)2)12-26-9-7-21-13-26/h5-7,9-10,13,15H,3-4,8,11-12H2,1-2H3/t15-/m0/s1. The Kier molecular flexibility index (Phi) is 4.11. The topological polar surface area (TPSA) is 77.8 Å². The van der Waals surface area contributed by atoms with Crippen LogP contribution in [0.5, 0.6) is 0 Å². The quantitative estimate of drug-likeness (QED) is 0.544. The van der Waals surface area contributed by atoms with Crippen molar-refractivity contribution in [2.24, 2.45) is 7.05 Å². The second kappa shape index (κ2) is 6.78. The first kappa shape index (κ1) is 17.0. The van der Waals surface area contributed by atoms with Gasteiger partial charge in [0.1, 0.15) is 11.3 Å². The molecule has 4 heterocycles. The molecule has 1 fully saturated rings. The highest BCUT2D eigenvalue weighted by atomic mass is 16.4. The molecule has 1 aromatic carbocycles. The molecule has 28 heavy (non-hydrogen) atoms. The predicted molar refractivity (Wildman–Crippen MR) is 105 cm³/mol. The Hall–Kier alpha value is -3.16. The molecule has 8 heteroatoms. The number of anilines is 1. The zero-order valence-electron chi connectivity index (χ0n) is 16.1. The molecule has 0 saturated carbocycles. The SMILES string of the molecule is Cc1ccc2oc(N3CCC[C@H](c4nnc(Cn5ccnc5)n4C)C3)nc2c1. The van der Waals surface area contributed by atoms with E-state index in [0.29, 0.717) is 18.5 Å². The van der Waals surface area contributed by atoms with Crippen molar-refractivity contribution in [2.45, 2.75) is 32.2 Å². The van der Waals surface area contributed by atoms with Gasteiger partial charge < -0.3 is 18.5 Å². The third-order valence-electron chi connectivity index (χ3n) is 5.47. The number of hydrogen-bond acceptors (Lipinski definition) is 6. The second-order valence-electron chi connectivity index (χ2n) is 7.52. The molecule has 1 atom stereocenters. The van der Waals surface area contributed by atoms with E-state index in [0.717, 1.165) is 48.7 Å². The van der Waals surface area contributed by atoms with Gasteiger partial charge >= 0.3 is 0 Å². The van der Waals surface area contributed by atoms with E-state index in [2.05, 4.69) is 43.7 Å². The van der Waals surface area contributed by atoms with Crippen LogP contribution in [0.4, 0.5) is 6.01 Å². The van der Waals surface area contributed by atoms with Crippen molar-refractivity contribution in [1.29, 1.82) is 0 Å². The lowest BCUT2D eigenvalue weighted by atomic mass is 9.97. The van der Waals surface area contributed by atoms with Gasteiger partial charge in [0.05, 0.1) is 12.9 Å². The van der Waals surface area contributed by atoms with E-state index in [-0.39, 0.29) is 0 Å². The lowest BCUT2D eigenvalue weighted by Gasteiger charge is -2.31. The minimum absolute atomic E-state index is 0.305. The van der Waals surface area contributed by atoms with Crippen molar-refractivity contribution in [3.05, 3.63) is 54.1 Å². The van der Waals surface area contributed by atoms with Gasteiger partial charge in [-0.1, -0.05) is 6.07 Å². The molecule has 0 N–H and O–H groups in total. The van der Waals surface area contributed by atoms with E-state index in [1.807, 2.05) is 23.9 Å². The molecule has 0 aliphatic carbocycles. The van der Waals surface area contributed by atoms with E-state index in [9.17, 15) is 0 Å². The van der Waals surface area contributed by atoms with Crippen LogP contribution in [0.2, 0.25) is 0 Å². The molecule has 0 bridgehead atoms. The minimum Gasteiger partial charge on any atom is -0.423 e. The minimum atomic E-state index is 0.305. The first-order valence-corrected chi connectivity index (χ1v) is 9.63. The summed E-state index contributed by atoms with van der Waals surface area (Å²) in [6.45, 7) is 4.52. The Morgan fingerprint density at radius 1 is 1.25 bits per heavy atom. The van der Waals surface area contributed by atoms with E-state index in [1.54, 1.807) is 12.5 Å². The molecule has 4 aromatic rings. The molecular formula is C20H23N7O. The molecule has 3 aromatic heterocycles. The van der Waals surface area contributed by atoms with E-state index in [1.165, 1.54) is 5.56 Å². The van der Waals surface area contributed by atoms with Crippen LogP contribution in [-0.4, -0.2) is 42.4 Å². The largest absolute Gasteiger partial charge is 0.423 e. The lowest BCUT2D eigenvalue weighted by molar-refractivity contribution is 0.448. The van der Waals surface area contributed by atoms with Gasteiger partial charge in [-0.05, 0) is 37.5 Å². The highest BCUT2D eigenvalue weighted by Gasteiger charge is 2.28. The molecule has 0 amide bonds. The Bertz CT molecular complexity index is 1100. The second-order valence-corrected chi connectivity index (χ2v) is 7.52. The third-order valence-corrected chi connectivity index (χ3v) is 5.47. The summed E-state index contributed by atoms with van der Waals surface area (Å²) in [5, 5.41) is 8.92. The van der Waals surface area contributed by atoms with Gasteiger partial charge in [-0.15, -0.1) is 10.2 Å². The smallest absolute Gasteiger partial charge is 0.298 e. The molecule has 0 radical (unpaired) electrons. The summed E-state index contributed by atoms with van der Waals surface area (Å²) in [6.07, 6.45) is 7.68. The van der Waals surface area contributed by atoms with Gasteiger partial charge in [0.15, 0.2) is 11.4 Å². The first-order valence-electron chi connectivity index (χ1n) is 9.63. The summed E-state index contributed by atoms with van der Waals surface area (Å²) in [4.78, 5) is 11.0. The number of nitrogens with zero attached hydrogens (tertiary/aromatic N) is 7. The van der Waals surface area contributed by atoms with Gasteiger partial charge in [0, 0.05) is 38.4 Å². The normalized spacial score (nSPS) is 17.5. The first-order chi connectivity index (χ1) is 13.7. The third kappa shape index (κ3) is 3.04. The van der Waals surface area contributed by atoms with Crippen molar-refractivity contribution < 1.29 is 4.42 Å². The van der Waals surface area contributed by atoms with E-state index >= 15 is 0 Å². The zero-order valence-corrected chi connectivity index (χ0v) is 16.1. The molecule has 0 unspecified atom stereocenters. The van der Waals surface area contributed by atoms with Crippen molar-refractivity contribution in [3.63, 3.8) is 0 Å². The Labute approximate surface area is 162 Å². The van der Waals surface area contributed by atoms with Crippen LogP contribution in [0.25, 0.3) is 11.1 Å². The molecule has 0 spiro atoms. The summed E-state index contributed by atoms with van der Waals surface area (Å²) < 4.78 is 10.1. The molecular weight excluding hydrogens is 354 g/mol. The molecule has 1 saturated heterocycles. The maximum Gasteiger partial charge on any atom is 0.298 e. The number of hydrogen-bond donors (Lipinski definition) is 0. The predicted octanol–water partition coefficient (Wildman–Crippen LogP) is 2.89. The maximum atomic E-state index is 6.01. The summed E-state index contributed by atoms with van der Waals surface area (Å²) in [7, 11) is 2.04. The molecule has 5 rings (SSSR count). The Balaban J connectivity index is 1.37. The van der Waals surface area contributed by atoms with Crippen LogP contribution < -0.4 is 4.90 Å². The van der Waals surface area contributed by atoms with Gasteiger partial charge in [0.2, 0.25) is 0 Å². The molecule has 8 nitrogen and oxygen atoms in total. The number of benzene rings is 1. The number of piperidine rings is 1. The zero-order chi connectivity index (χ0) is 19.1. The van der Waals surface area contributed by atoms with E-state index in [4.69, 9.17) is 9.40 Å². The lowest BCUT2D eigenvalue weighted by Crippen LogP contribution is -2.35. The fourth-order valence-electron chi connectivity index (χ4n) is 3.93. The van der Waals surface area contributed by atoms with E-state index < -0.39 is 0 Å². The van der Waals surface area contributed by atoms with Crippen LogP contribution in [-0.2, 0) is 13.6 Å². The van der Waals surface area contributed by atoms with Crippen LogP contribution in [0.1, 0.15) is 36.0 Å². The highest BCUT2D eigenvalue weighted by Crippen LogP contribution is 2.30. The van der Waals surface area contributed by atoms with Crippen LogP contribution >= 0.6 is 0 Å². The average molecular weight is 377 g/mol. The molecule has 144 valence electrons. The summed E-state index contributed by atoms with van der Waals surface area (Å²) in [5.41, 5.74) is 2.94. The number of aromatic nitrogens is 6. The highest BCUT2D eigenvalue weighted by molar-refractivity contribution is 5.75. The number of oxazole rings is 1. The number of imidazole rings is 1. The van der Waals surface area contributed by atoms with Gasteiger partial charge in [-0.25, -0.2) is 4.98 Å². The molecule has 1 aliphatic rings.